The maximum Gasteiger partial charge on any atom is 0.184 e. The van der Waals surface area contributed by atoms with Crippen LogP contribution in [0.3, 0.4) is 0 Å². The molecule has 0 aromatic heterocycles. The molecule has 3 nitrogen and oxygen atoms in total. The average molecular weight is 221 g/mol. The lowest BCUT2D eigenvalue weighted by atomic mass is 9.68. The molecule has 1 unspecified atom stereocenters. The van der Waals surface area contributed by atoms with Crippen LogP contribution in [0.15, 0.2) is 0 Å². The molecule has 0 aromatic rings. The van der Waals surface area contributed by atoms with E-state index in [9.17, 15) is 0 Å². The molecule has 0 fully saturated rings. The molecule has 90 valence electrons. The van der Waals surface area contributed by atoms with Crippen molar-refractivity contribution in [1.29, 1.82) is 10.5 Å². The minimum atomic E-state index is -0.724. The summed E-state index contributed by atoms with van der Waals surface area (Å²) in [6, 6.07) is 3.22. The van der Waals surface area contributed by atoms with E-state index < -0.39 is 6.04 Å². The van der Waals surface area contributed by atoms with E-state index in [1.807, 2.05) is 12.1 Å². The minimum absolute atomic E-state index is 0.105. The molecule has 0 amide bonds. The molecule has 0 rings (SSSR count). The molecular formula is C13H23N3. The lowest BCUT2D eigenvalue weighted by molar-refractivity contribution is 0.112. The molecule has 16 heavy (non-hydrogen) atoms. The van der Waals surface area contributed by atoms with Crippen LogP contribution < -0.4 is 5.32 Å². The summed E-state index contributed by atoms with van der Waals surface area (Å²) in [5, 5.41) is 20.8. The van der Waals surface area contributed by atoms with E-state index in [4.69, 9.17) is 10.5 Å². The van der Waals surface area contributed by atoms with Crippen LogP contribution in [-0.2, 0) is 0 Å². The van der Waals surface area contributed by atoms with Crippen LogP contribution in [0, 0.1) is 28.1 Å². The molecule has 0 saturated carbocycles. The van der Waals surface area contributed by atoms with Gasteiger partial charge < -0.3 is 0 Å². The molecule has 3 heteroatoms. The highest BCUT2D eigenvalue weighted by Gasteiger charge is 2.39. The van der Waals surface area contributed by atoms with Crippen LogP contribution in [0.2, 0.25) is 0 Å². The van der Waals surface area contributed by atoms with E-state index in [2.05, 4.69) is 39.9 Å². The molecule has 0 aromatic carbocycles. The van der Waals surface area contributed by atoms with Gasteiger partial charge in [0.05, 0.1) is 12.1 Å². The topological polar surface area (TPSA) is 59.6 Å². The largest absolute Gasteiger partial charge is 0.284 e. The first-order chi connectivity index (χ1) is 7.36. The van der Waals surface area contributed by atoms with E-state index in [0.29, 0.717) is 0 Å². The van der Waals surface area contributed by atoms with Crippen molar-refractivity contribution in [3.05, 3.63) is 0 Å². The predicted molar refractivity (Wildman–Crippen MR) is 65.5 cm³/mol. The van der Waals surface area contributed by atoms with Crippen molar-refractivity contribution in [2.24, 2.45) is 5.41 Å². The Bertz CT molecular complexity index is 281. The van der Waals surface area contributed by atoms with E-state index in [1.54, 1.807) is 0 Å². The fourth-order valence-electron chi connectivity index (χ4n) is 2.11. The van der Waals surface area contributed by atoms with Gasteiger partial charge in [-0.1, -0.05) is 27.2 Å². The summed E-state index contributed by atoms with van der Waals surface area (Å²) >= 11 is 0. The first kappa shape index (κ1) is 14.9. The lowest BCUT2D eigenvalue weighted by Gasteiger charge is -2.45. The van der Waals surface area contributed by atoms with Gasteiger partial charge >= 0.3 is 0 Å². The smallest absolute Gasteiger partial charge is 0.184 e. The molecule has 0 spiro atoms. The number of nitrogens with one attached hydrogen (secondary N) is 1. The second kappa shape index (κ2) is 5.87. The maximum atomic E-state index is 8.82. The van der Waals surface area contributed by atoms with Crippen molar-refractivity contribution in [2.45, 2.75) is 65.5 Å². The lowest BCUT2D eigenvalue weighted by Crippen LogP contribution is -2.55. The zero-order valence-corrected chi connectivity index (χ0v) is 11.1. The summed E-state index contributed by atoms with van der Waals surface area (Å²) in [4.78, 5) is 0. The molecule has 0 aliphatic carbocycles. The summed E-state index contributed by atoms with van der Waals surface area (Å²) in [5.74, 6) is 0. The first-order valence-electron chi connectivity index (χ1n) is 5.93. The van der Waals surface area contributed by atoms with E-state index in [0.717, 1.165) is 19.3 Å². The van der Waals surface area contributed by atoms with Crippen molar-refractivity contribution >= 4 is 0 Å². The van der Waals surface area contributed by atoms with Crippen LogP contribution in [0.1, 0.15) is 53.9 Å². The normalized spacial score (nSPS) is 15.2. The Balaban J connectivity index is 4.88. The summed E-state index contributed by atoms with van der Waals surface area (Å²) < 4.78 is 0. The monoisotopic (exact) mass is 221 g/mol. The zero-order valence-electron chi connectivity index (χ0n) is 11.1. The van der Waals surface area contributed by atoms with E-state index >= 15 is 0 Å². The third-order valence-corrected chi connectivity index (χ3v) is 3.85. The number of nitriles is 2. The molecule has 0 aliphatic heterocycles. The van der Waals surface area contributed by atoms with Crippen molar-refractivity contribution in [3.8, 4) is 12.1 Å². The van der Waals surface area contributed by atoms with Gasteiger partial charge in [-0.3, -0.25) is 5.32 Å². The summed E-state index contributed by atoms with van der Waals surface area (Å²) in [6.07, 6.45) is 3.23. The SMILES string of the molecule is CCCC(C)(CC)C(C)(C)NC(C#N)C#N. The van der Waals surface area contributed by atoms with Crippen molar-refractivity contribution in [2.75, 3.05) is 0 Å². The molecule has 0 bridgehead atoms. The second-order valence-electron chi connectivity index (χ2n) is 5.12. The predicted octanol–water partition coefficient (Wildman–Crippen LogP) is 2.99. The Morgan fingerprint density at radius 3 is 1.94 bits per heavy atom. The van der Waals surface area contributed by atoms with Gasteiger partial charge in [0.1, 0.15) is 0 Å². The van der Waals surface area contributed by atoms with Gasteiger partial charge in [0.25, 0.3) is 0 Å². The van der Waals surface area contributed by atoms with Gasteiger partial charge in [-0.25, -0.2) is 0 Å². The number of hydrogen-bond donors (Lipinski definition) is 1. The van der Waals surface area contributed by atoms with Crippen LogP contribution in [0.4, 0.5) is 0 Å². The second-order valence-corrected chi connectivity index (χ2v) is 5.12. The van der Waals surface area contributed by atoms with Gasteiger partial charge in [0, 0.05) is 5.54 Å². The summed E-state index contributed by atoms with van der Waals surface area (Å²) in [6.45, 7) is 10.7. The molecule has 1 atom stereocenters. The molecule has 0 saturated heterocycles. The zero-order chi connectivity index (χ0) is 12.8. The highest BCUT2D eigenvalue weighted by atomic mass is 15.0. The number of rotatable bonds is 6. The fourth-order valence-corrected chi connectivity index (χ4v) is 2.11. The third-order valence-electron chi connectivity index (χ3n) is 3.85. The van der Waals surface area contributed by atoms with Gasteiger partial charge in [0.15, 0.2) is 6.04 Å². The minimum Gasteiger partial charge on any atom is -0.284 e. The van der Waals surface area contributed by atoms with Crippen molar-refractivity contribution in [1.82, 2.24) is 5.32 Å². The van der Waals surface area contributed by atoms with Gasteiger partial charge in [-0.05, 0) is 32.1 Å². The number of nitrogens with zero attached hydrogens (tertiary/aromatic N) is 2. The summed E-state index contributed by atoms with van der Waals surface area (Å²) in [7, 11) is 0. The fraction of sp³-hybridized carbons (Fsp3) is 0.846. The Morgan fingerprint density at radius 2 is 1.62 bits per heavy atom. The highest BCUT2D eigenvalue weighted by molar-refractivity contribution is 5.10. The van der Waals surface area contributed by atoms with Gasteiger partial charge in [-0.15, -0.1) is 0 Å². The Morgan fingerprint density at radius 1 is 1.12 bits per heavy atom. The highest BCUT2D eigenvalue weighted by Crippen LogP contribution is 2.39. The first-order valence-corrected chi connectivity index (χ1v) is 5.93. The van der Waals surface area contributed by atoms with Crippen LogP contribution in [0.5, 0.6) is 0 Å². The van der Waals surface area contributed by atoms with E-state index in [1.165, 1.54) is 0 Å². The Labute approximate surface area is 99.5 Å². The summed E-state index contributed by atoms with van der Waals surface area (Å²) in [5.41, 5.74) is -0.110. The molecule has 0 radical (unpaired) electrons. The molecule has 0 heterocycles. The van der Waals surface area contributed by atoms with Crippen molar-refractivity contribution in [3.63, 3.8) is 0 Å². The Hall–Kier alpha value is -1.06. The van der Waals surface area contributed by atoms with Crippen LogP contribution in [0.25, 0.3) is 0 Å². The molecule has 1 N–H and O–H groups in total. The van der Waals surface area contributed by atoms with Gasteiger partial charge in [-0.2, -0.15) is 10.5 Å². The molecular weight excluding hydrogens is 198 g/mol. The van der Waals surface area contributed by atoms with Crippen LogP contribution in [-0.4, -0.2) is 11.6 Å². The van der Waals surface area contributed by atoms with Crippen molar-refractivity contribution < 1.29 is 0 Å². The standard InChI is InChI=1S/C13H23N3/c1-6-8-13(5,7-2)12(3,4)16-11(9-14)10-15/h11,16H,6-8H2,1-5H3. The van der Waals surface area contributed by atoms with E-state index in [-0.39, 0.29) is 11.0 Å². The van der Waals surface area contributed by atoms with Crippen LogP contribution >= 0.6 is 0 Å². The molecule has 0 aliphatic rings. The Kier molecular flexibility index (Phi) is 5.48. The maximum absolute atomic E-state index is 8.82. The quantitative estimate of drug-likeness (QED) is 0.750. The third kappa shape index (κ3) is 3.22. The average Bonchev–Trinajstić information content (AvgIpc) is 2.25. The number of hydrogen-bond acceptors (Lipinski definition) is 3. The van der Waals surface area contributed by atoms with Gasteiger partial charge in [0.2, 0.25) is 0 Å².